The number of aliphatic imine (C=N–C) groups is 1. The zero-order chi connectivity index (χ0) is 19.1. The van der Waals surface area contributed by atoms with E-state index in [1.54, 1.807) is 48.5 Å². The van der Waals surface area contributed by atoms with Gasteiger partial charge in [0.15, 0.2) is 5.96 Å². The molecule has 0 spiro atoms. The number of aliphatic carboxylic acids is 1. The van der Waals surface area contributed by atoms with E-state index in [-0.39, 0.29) is 11.9 Å². The van der Waals surface area contributed by atoms with E-state index in [1.807, 2.05) is 6.92 Å². The standard InChI is InChI=1S/C18H20N4O3S/c1-2-15(17(24)25)26-14-8-6-12(7-9-14)21-16(23)11-4-3-5-13(10-11)22-18(19)20/h3-10,15H,2H2,1H3,(H,21,23)(H,24,25)(H4,19,20,22). The topological polar surface area (TPSA) is 131 Å². The molecule has 0 aromatic heterocycles. The van der Waals surface area contributed by atoms with Gasteiger partial charge in [-0.1, -0.05) is 13.0 Å². The third-order valence-electron chi connectivity index (χ3n) is 3.40. The summed E-state index contributed by atoms with van der Waals surface area (Å²) in [5, 5.41) is 11.4. The molecule has 0 bridgehead atoms. The van der Waals surface area contributed by atoms with E-state index in [2.05, 4.69) is 10.3 Å². The maximum atomic E-state index is 12.3. The van der Waals surface area contributed by atoms with Crippen LogP contribution in [0.4, 0.5) is 11.4 Å². The average molecular weight is 372 g/mol. The molecule has 1 unspecified atom stereocenters. The second kappa shape index (κ2) is 8.91. The summed E-state index contributed by atoms with van der Waals surface area (Å²) in [7, 11) is 0. The lowest BCUT2D eigenvalue weighted by Crippen LogP contribution is -2.21. The minimum absolute atomic E-state index is 0.0811. The fraction of sp³-hybridized carbons (Fsp3) is 0.167. The lowest BCUT2D eigenvalue weighted by atomic mass is 10.2. The minimum Gasteiger partial charge on any atom is -0.480 e. The van der Waals surface area contributed by atoms with Crippen molar-refractivity contribution in [3.63, 3.8) is 0 Å². The Balaban J connectivity index is 2.06. The highest BCUT2D eigenvalue weighted by Crippen LogP contribution is 2.27. The van der Waals surface area contributed by atoms with Gasteiger partial charge >= 0.3 is 5.97 Å². The van der Waals surface area contributed by atoms with Crippen LogP contribution in [0.1, 0.15) is 23.7 Å². The van der Waals surface area contributed by atoms with Gasteiger partial charge in [-0.05, 0) is 48.9 Å². The molecule has 2 rings (SSSR count). The van der Waals surface area contributed by atoms with Gasteiger partial charge in [-0.25, -0.2) is 4.99 Å². The van der Waals surface area contributed by atoms with Gasteiger partial charge in [-0.3, -0.25) is 9.59 Å². The molecule has 6 N–H and O–H groups in total. The van der Waals surface area contributed by atoms with Gasteiger partial charge in [0.1, 0.15) is 5.25 Å². The van der Waals surface area contributed by atoms with E-state index in [0.29, 0.717) is 23.4 Å². The van der Waals surface area contributed by atoms with Gasteiger partial charge in [0, 0.05) is 16.1 Å². The lowest BCUT2D eigenvalue weighted by molar-refractivity contribution is -0.136. The van der Waals surface area contributed by atoms with E-state index < -0.39 is 11.2 Å². The fourth-order valence-electron chi connectivity index (χ4n) is 2.16. The predicted octanol–water partition coefficient (Wildman–Crippen LogP) is 2.80. The molecular weight excluding hydrogens is 352 g/mol. The molecule has 2 aromatic rings. The monoisotopic (exact) mass is 372 g/mol. The number of amides is 1. The smallest absolute Gasteiger partial charge is 0.316 e. The van der Waals surface area contributed by atoms with E-state index in [9.17, 15) is 9.59 Å². The summed E-state index contributed by atoms with van der Waals surface area (Å²) in [6.45, 7) is 1.83. The number of thioether (sulfide) groups is 1. The molecular formula is C18H20N4O3S. The third-order valence-corrected chi connectivity index (χ3v) is 4.77. The molecule has 0 aliphatic heterocycles. The first-order chi connectivity index (χ1) is 12.4. The van der Waals surface area contributed by atoms with E-state index in [0.717, 1.165) is 4.90 Å². The second-order valence-corrected chi connectivity index (χ2v) is 6.69. The number of guanidine groups is 1. The molecule has 7 nitrogen and oxygen atoms in total. The molecule has 2 aromatic carbocycles. The molecule has 0 aliphatic rings. The number of benzene rings is 2. The first-order valence-electron chi connectivity index (χ1n) is 7.89. The highest BCUT2D eigenvalue weighted by atomic mass is 32.2. The number of carboxylic acid groups (broad SMARTS) is 1. The summed E-state index contributed by atoms with van der Waals surface area (Å²) < 4.78 is 0. The Labute approximate surface area is 155 Å². The van der Waals surface area contributed by atoms with Crippen molar-refractivity contribution in [1.29, 1.82) is 0 Å². The number of carboxylic acids is 1. The van der Waals surface area contributed by atoms with Gasteiger partial charge in [-0.2, -0.15) is 0 Å². The Hall–Kier alpha value is -3.00. The van der Waals surface area contributed by atoms with E-state index >= 15 is 0 Å². The molecule has 1 atom stereocenters. The quantitative estimate of drug-likeness (QED) is 0.336. The van der Waals surface area contributed by atoms with Gasteiger partial charge in [0.2, 0.25) is 0 Å². The summed E-state index contributed by atoms with van der Waals surface area (Å²) in [6, 6.07) is 13.6. The Morgan fingerprint density at radius 3 is 2.46 bits per heavy atom. The van der Waals surface area contributed by atoms with Gasteiger partial charge in [0.05, 0.1) is 5.69 Å². The zero-order valence-corrected chi connectivity index (χ0v) is 15.0. The first-order valence-corrected chi connectivity index (χ1v) is 8.77. The largest absolute Gasteiger partial charge is 0.480 e. The molecule has 136 valence electrons. The fourth-order valence-corrected chi connectivity index (χ4v) is 3.05. The number of nitrogens with one attached hydrogen (secondary N) is 1. The van der Waals surface area contributed by atoms with Crippen LogP contribution in [0.3, 0.4) is 0 Å². The Morgan fingerprint density at radius 2 is 1.88 bits per heavy atom. The third kappa shape index (κ3) is 5.52. The molecule has 0 saturated carbocycles. The Bertz CT molecular complexity index is 817. The molecule has 0 aliphatic carbocycles. The molecule has 0 radical (unpaired) electrons. The normalized spacial score (nSPS) is 11.4. The number of hydrogen-bond donors (Lipinski definition) is 4. The maximum Gasteiger partial charge on any atom is 0.316 e. The van der Waals surface area contributed by atoms with Gasteiger partial charge < -0.3 is 21.9 Å². The second-order valence-electron chi connectivity index (χ2n) is 5.42. The van der Waals surface area contributed by atoms with Crippen LogP contribution < -0.4 is 16.8 Å². The molecule has 0 fully saturated rings. The van der Waals surface area contributed by atoms with Crippen molar-refractivity contribution in [3.05, 3.63) is 54.1 Å². The number of carbonyl (C=O) groups excluding carboxylic acids is 1. The number of carbonyl (C=O) groups is 2. The highest BCUT2D eigenvalue weighted by Gasteiger charge is 2.16. The molecule has 0 saturated heterocycles. The average Bonchev–Trinajstić information content (AvgIpc) is 2.60. The van der Waals surface area contributed by atoms with Crippen LogP contribution in [0.2, 0.25) is 0 Å². The van der Waals surface area contributed by atoms with Crippen LogP contribution in [0.25, 0.3) is 0 Å². The van der Waals surface area contributed by atoms with Crippen LogP contribution in [-0.4, -0.2) is 28.2 Å². The molecule has 26 heavy (non-hydrogen) atoms. The van der Waals surface area contributed by atoms with Crippen molar-refractivity contribution in [2.24, 2.45) is 16.5 Å². The summed E-state index contributed by atoms with van der Waals surface area (Å²) in [5.41, 5.74) is 12.2. The summed E-state index contributed by atoms with van der Waals surface area (Å²) in [6.07, 6.45) is 0.532. The zero-order valence-electron chi connectivity index (χ0n) is 14.2. The first kappa shape index (κ1) is 19.3. The maximum absolute atomic E-state index is 12.3. The van der Waals surface area contributed by atoms with E-state index in [4.69, 9.17) is 16.6 Å². The van der Waals surface area contributed by atoms with Gasteiger partial charge in [-0.15, -0.1) is 11.8 Å². The number of hydrogen-bond acceptors (Lipinski definition) is 4. The molecule has 0 heterocycles. The van der Waals surface area contributed by atoms with Crippen molar-refractivity contribution >= 4 is 41.0 Å². The van der Waals surface area contributed by atoms with Crippen molar-refractivity contribution < 1.29 is 14.7 Å². The summed E-state index contributed by atoms with van der Waals surface area (Å²) in [4.78, 5) is 28.2. The van der Waals surface area contributed by atoms with E-state index in [1.165, 1.54) is 11.8 Å². The lowest BCUT2D eigenvalue weighted by Gasteiger charge is -2.10. The Kier molecular flexibility index (Phi) is 6.62. The van der Waals surface area contributed by atoms with Crippen molar-refractivity contribution in [3.8, 4) is 0 Å². The molecule has 8 heteroatoms. The highest BCUT2D eigenvalue weighted by molar-refractivity contribution is 8.00. The van der Waals surface area contributed by atoms with Crippen LogP contribution in [0.5, 0.6) is 0 Å². The summed E-state index contributed by atoms with van der Waals surface area (Å²) >= 11 is 1.28. The van der Waals surface area contributed by atoms with Crippen LogP contribution >= 0.6 is 11.8 Å². The van der Waals surface area contributed by atoms with Crippen molar-refractivity contribution in [2.75, 3.05) is 5.32 Å². The number of nitrogens with two attached hydrogens (primary N) is 2. The molecule has 1 amide bonds. The van der Waals surface area contributed by atoms with Crippen LogP contribution in [-0.2, 0) is 4.79 Å². The minimum atomic E-state index is -0.837. The van der Waals surface area contributed by atoms with Crippen LogP contribution in [0.15, 0.2) is 58.4 Å². The summed E-state index contributed by atoms with van der Waals surface area (Å²) in [5.74, 6) is -1.21. The SMILES string of the molecule is CCC(Sc1ccc(NC(=O)c2cccc(N=C(N)N)c2)cc1)C(=O)O. The predicted molar refractivity (Wildman–Crippen MR) is 104 cm³/mol. The van der Waals surface area contributed by atoms with Gasteiger partial charge in [0.25, 0.3) is 5.91 Å². The van der Waals surface area contributed by atoms with Crippen LogP contribution in [0, 0.1) is 0 Å². The number of nitrogens with zero attached hydrogens (tertiary/aromatic N) is 1. The van der Waals surface area contributed by atoms with Crippen molar-refractivity contribution in [1.82, 2.24) is 0 Å². The van der Waals surface area contributed by atoms with Crippen molar-refractivity contribution in [2.45, 2.75) is 23.5 Å². The Morgan fingerprint density at radius 1 is 1.19 bits per heavy atom. The number of anilines is 1. The number of rotatable bonds is 7.